The third kappa shape index (κ3) is 1.96. The standard InChI is InChI=1S/C13H17F2N/c1-9(16)13(14,15)12-7-6-10-4-2-3-5-11(10)8-12/h6-9H,2-5,16H2,1H3. The molecule has 2 N–H and O–H groups in total. The van der Waals surface area contributed by atoms with E-state index in [0.717, 1.165) is 31.2 Å². The molecule has 0 bridgehead atoms. The highest BCUT2D eigenvalue weighted by atomic mass is 19.3. The topological polar surface area (TPSA) is 26.0 Å². The lowest BCUT2D eigenvalue weighted by atomic mass is 9.88. The maximum absolute atomic E-state index is 13.7. The van der Waals surface area contributed by atoms with Crippen molar-refractivity contribution in [3.05, 3.63) is 34.9 Å². The van der Waals surface area contributed by atoms with Gasteiger partial charge in [0.1, 0.15) is 0 Å². The smallest absolute Gasteiger partial charge is 0.287 e. The first kappa shape index (κ1) is 11.5. The molecule has 1 unspecified atom stereocenters. The average Bonchev–Trinajstić information content (AvgIpc) is 2.28. The number of fused-ring (bicyclic) bond motifs is 1. The van der Waals surface area contributed by atoms with Crippen LogP contribution in [0.25, 0.3) is 0 Å². The van der Waals surface area contributed by atoms with Gasteiger partial charge in [0, 0.05) is 5.56 Å². The predicted molar refractivity (Wildman–Crippen MR) is 60.6 cm³/mol. The summed E-state index contributed by atoms with van der Waals surface area (Å²) in [5.74, 6) is -2.92. The highest BCUT2D eigenvalue weighted by Crippen LogP contribution is 2.33. The fourth-order valence-electron chi connectivity index (χ4n) is 2.20. The Morgan fingerprint density at radius 1 is 1.19 bits per heavy atom. The zero-order valence-corrected chi connectivity index (χ0v) is 9.47. The Bertz CT molecular complexity index is 386. The van der Waals surface area contributed by atoms with Crippen LogP contribution in [0, 0.1) is 0 Å². The van der Waals surface area contributed by atoms with Gasteiger partial charge in [-0.15, -0.1) is 0 Å². The molecule has 0 saturated heterocycles. The van der Waals surface area contributed by atoms with Crippen LogP contribution < -0.4 is 5.73 Å². The lowest BCUT2D eigenvalue weighted by molar-refractivity contribution is -0.0257. The van der Waals surface area contributed by atoms with E-state index < -0.39 is 12.0 Å². The molecule has 1 aliphatic rings. The second-order valence-corrected chi connectivity index (χ2v) is 4.60. The summed E-state index contributed by atoms with van der Waals surface area (Å²) in [7, 11) is 0. The molecule has 1 nitrogen and oxygen atoms in total. The Labute approximate surface area is 94.7 Å². The summed E-state index contributed by atoms with van der Waals surface area (Å²) in [6, 6.07) is 3.85. The van der Waals surface area contributed by atoms with Gasteiger partial charge >= 0.3 is 0 Å². The maximum atomic E-state index is 13.7. The molecule has 0 aliphatic heterocycles. The fourth-order valence-corrected chi connectivity index (χ4v) is 2.20. The van der Waals surface area contributed by atoms with Crippen molar-refractivity contribution in [1.29, 1.82) is 0 Å². The average molecular weight is 225 g/mol. The Morgan fingerprint density at radius 3 is 2.44 bits per heavy atom. The third-order valence-electron chi connectivity index (χ3n) is 3.31. The minimum Gasteiger partial charge on any atom is -0.323 e. The number of benzene rings is 1. The summed E-state index contributed by atoms with van der Waals surface area (Å²) >= 11 is 0. The van der Waals surface area contributed by atoms with Crippen LogP contribution in [0.4, 0.5) is 8.78 Å². The molecule has 0 fully saturated rings. The van der Waals surface area contributed by atoms with Crippen LogP contribution in [0.2, 0.25) is 0 Å². The van der Waals surface area contributed by atoms with Crippen LogP contribution in [-0.4, -0.2) is 6.04 Å². The zero-order valence-electron chi connectivity index (χ0n) is 9.47. The lowest BCUT2D eigenvalue weighted by Gasteiger charge is -2.23. The number of halogens is 2. The lowest BCUT2D eigenvalue weighted by Crippen LogP contribution is -2.36. The van der Waals surface area contributed by atoms with Crippen molar-refractivity contribution in [2.24, 2.45) is 5.73 Å². The van der Waals surface area contributed by atoms with Crippen molar-refractivity contribution in [2.45, 2.75) is 44.6 Å². The Morgan fingerprint density at radius 2 is 1.81 bits per heavy atom. The summed E-state index contributed by atoms with van der Waals surface area (Å²) in [6.07, 6.45) is 4.19. The van der Waals surface area contributed by atoms with Gasteiger partial charge in [-0.25, -0.2) is 0 Å². The van der Waals surface area contributed by atoms with Crippen molar-refractivity contribution in [3.8, 4) is 0 Å². The fraction of sp³-hybridized carbons (Fsp3) is 0.538. The summed E-state index contributed by atoms with van der Waals surface area (Å²) in [4.78, 5) is 0. The summed E-state index contributed by atoms with van der Waals surface area (Å²) < 4.78 is 27.4. The second-order valence-electron chi connectivity index (χ2n) is 4.60. The van der Waals surface area contributed by atoms with Crippen molar-refractivity contribution >= 4 is 0 Å². The van der Waals surface area contributed by atoms with Crippen LogP contribution in [0.1, 0.15) is 36.5 Å². The first-order valence-corrected chi connectivity index (χ1v) is 5.77. The van der Waals surface area contributed by atoms with Crippen molar-refractivity contribution < 1.29 is 8.78 Å². The minimum absolute atomic E-state index is 0.0585. The van der Waals surface area contributed by atoms with Crippen LogP contribution >= 0.6 is 0 Å². The molecule has 0 saturated carbocycles. The number of nitrogens with two attached hydrogens (primary N) is 1. The highest BCUT2D eigenvalue weighted by Gasteiger charge is 2.36. The molecule has 1 aliphatic carbocycles. The molecule has 2 rings (SSSR count). The third-order valence-corrected chi connectivity index (χ3v) is 3.31. The SMILES string of the molecule is CC(N)C(F)(F)c1ccc2c(c1)CCCC2. The Hall–Kier alpha value is -0.960. The van der Waals surface area contributed by atoms with Crippen molar-refractivity contribution in [3.63, 3.8) is 0 Å². The zero-order chi connectivity index (χ0) is 11.8. The van der Waals surface area contributed by atoms with Gasteiger partial charge in [0.05, 0.1) is 6.04 Å². The van der Waals surface area contributed by atoms with E-state index in [2.05, 4.69) is 0 Å². The van der Waals surface area contributed by atoms with Crippen LogP contribution in [-0.2, 0) is 18.8 Å². The molecule has 0 aromatic heterocycles. The molecule has 0 amide bonds. The molecule has 0 radical (unpaired) electrons. The number of aryl methyl sites for hydroxylation is 2. The summed E-state index contributed by atoms with van der Waals surface area (Å²) in [5.41, 5.74) is 7.68. The Kier molecular flexibility index (Phi) is 2.98. The van der Waals surface area contributed by atoms with E-state index >= 15 is 0 Å². The quantitative estimate of drug-likeness (QED) is 0.822. The maximum Gasteiger partial charge on any atom is 0.287 e. The van der Waals surface area contributed by atoms with E-state index in [1.165, 1.54) is 18.6 Å². The highest BCUT2D eigenvalue weighted by molar-refractivity contribution is 5.36. The van der Waals surface area contributed by atoms with E-state index in [-0.39, 0.29) is 5.56 Å². The van der Waals surface area contributed by atoms with Crippen molar-refractivity contribution in [2.75, 3.05) is 0 Å². The molecule has 1 aromatic carbocycles. The molecule has 88 valence electrons. The second kappa shape index (κ2) is 4.13. The molecule has 3 heteroatoms. The van der Waals surface area contributed by atoms with Gasteiger partial charge in [-0.1, -0.05) is 12.1 Å². The van der Waals surface area contributed by atoms with Gasteiger partial charge in [0.15, 0.2) is 0 Å². The van der Waals surface area contributed by atoms with Gasteiger partial charge in [-0.2, -0.15) is 8.78 Å². The number of hydrogen-bond donors (Lipinski definition) is 1. The van der Waals surface area contributed by atoms with Gasteiger partial charge in [0.2, 0.25) is 0 Å². The first-order chi connectivity index (χ1) is 7.51. The van der Waals surface area contributed by atoms with Gasteiger partial charge in [-0.05, 0) is 49.8 Å². The molecular formula is C13H17F2N. The summed E-state index contributed by atoms with van der Waals surface area (Å²) in [6.45, 7) is 1.35. The largest absolute Gasteiger partial charge is 0.323 e. The summed E-state index contributed by atoms with van der Waals surface area (Å²) in [5, 5.41) is 0. The molecule has 1 atom stereocenters. The van der Waals surface area contributed by atoms with E-state index in [1.807, 2.05) is 6.07 Å². The van der Waals surface area contributed by atoms with E-state index in [4.69, 9.17) is 5.73 Å². The molecule has 0 heterocycles. The van der Waals surface area contributed by atoms with Gasteiger partial charge in [-0.3, -0.25) is 0 Å². The minimum atomic E-state index is -2.92. The van der Waals surface area contributed by atoms with Crippen molar-refractivity contribution in [1.82, 2.24) is 0 Å². The van der Waals surface area contributed by atoms with Crippen LogP contribution in [0.5, 0.6) is 0 Å². The number of hydrogen-bond acceptors (Lipinski definition) is 1. The van der Waals surface area contributed by atoms with Crippen LogP contribution in [0.3, 0.4) is 0 Å². The monoisotopic (exact) mass is 225 g/mol. The van der Waals surface area contributed by atoms with E-state index in [1.54, 1.807) is 6.07 Å². The van der Waals surface area contributed by atoms with E-state index in [0.29, 0.717) is 0 Å². The molecular weight excluding hydrogens is 208 g/mol. The number of rotatable bonds is 2. The van der Waals surface area contributed by atoms with E-state index in [9.17, 15) is 8.78 Å². The predicted octanol–water partition coefficient (Wildman–Crippen LogP) is 3.00. The molecule has 0 spiro atoms. The normalized spacial score (nSPS) is 18.0. The Balaban J connectivity index is 2.37. The first-order valence-electron chi connectivity index (χ1n) is 5.77. The number of alkyl halides is 2. The van der Waals surface area contributed by atoms with Gasteiger partial charge in [0.25, 0.3) is 5.92 Å². The van der Waals surface area contributed by atoms with Crippen LogP contribution in [0.15, 0.2) is 18.2 Å². The molecule has 16 heavy (non-hydrogen) atoms. The van der Waals surface area contributed by atoms with Gasteiger partial charge < -0.3 is 5.73 Å². The molecule has 1 aromatic rings.